The maximum atomic E-state index is 11.5. The summed E-state index contributed by atoms with van der Waals surface area (Å²) in [5.74, 6) is -0.883. The first kappa shape index (κ1) is 29.4. The van der Waals surface area contributed by atoms with Crippen LogP contribution in [0.2, 0.25) is 13.1 Å². The number of hydrogen-bond donors (Lipinski definition) is 1. The molecule has 1 aliphatic carbocycles. The van der Waals surface area contributed by atoms with Crippen molar-refractivity contribution in [3.05, 3.63) is 69.3 Å². The molecule has 4 heteroatoms. The fraction of sp³-hybridized carbons (Fsp3) is 0.545. The van der Waals surface area contributed by atoms with Crippen LogP contribution in [-0.2, 0) is 15.3 Å². The summed E-state index contributed by atoms with van der Waals surface area (Å²) in [6.45, 7) is 22.8. The third kappa shape index (κ3) is 7.23. The lowest BCUT2D eigenvalue weighted by Gasteiger charge is -2.43. The van der Waals surface area contributed by atoms with Gasteiger partial charge in [-0.25, -0.2) is 4.79 Å². The van der Waals surface area contributed by atoms with Crippen LogP contribution >= 0.6 is 0 Å². The van der Waals surface area contributed by atoms with Gasteiger partial charge >= 0.3 is 5.97 Å². The van der Waals surface area contributed by atoms with Crippen molar-refractivity contribution in [2.75, 3.05) is 0 Å². The van der Waals surface area contributed by atoms with Crippen LogP contribution in [0.4, 0.5) is 0 Å². The smallest absolute Gasteiger partial charge is 0.335 e. The Morgan fingerprint density at radius 3 is 2.14 bits per heavy atom. The fourth-order valence-electron chi connectivity index (χ4n) is 5.48. The van der Waals surface area contributed by atoms with Gasteiger partial charge in [0, 0.05) is 0 Å². The van der Waals surface area contributed by atoms with Gasteiger partial charge in [0.2, 0.25) is 0 Å². The summed E-state index contributed by atoms with van der Waals surface area (Å²) in [7, 11) is -1.28. The van der Waals surface area contributed by atoms with E-state index in [0.717, 1.165) is 24.0 Å². The zero-order valence-electron chi connectivity index (χ0n) is 24.8. The summed E-state index contributed by atoms with van der Waals surface area (Å²) in [5.41, 5.74) is 8.08. The van der Waals surface area contributed by atoms with E-state index in [-0.39, 0.29) is 22.3 Å². The Kier molecular flexibility index (Phi) is 8.66. The van der Waals surface area contributed by atoms with Gasteiger partial charge in [0.15, 0.2) is 9.04 Å². The molecule has 2 aromatic rings. The molecule has 1 atom stereocenters. The molecule has 0 bridgehead atoms. The third-order valence-corrected chi connectivity index (χ3v) is 8.81. The maximum Gasteiger partial charge on any atom is 0.335 e. The first-order chi connectivity index (χ1) is 17.0. The van der Waals surface area contributed by atoms with E-state index in [4.69, 9.17) is 4.43 Å². The first-order valence-electron chi connectivity index (χ1n) is 13.9. The molecular formula is C33H48O3Si. The number of rotatable bonds is 8. The molecule has 1 aliphatic rings. The molecule has 1 unspecified atom stereocenters. The Hall–Kier alpha value is -2.17. The molecule has 202 valence electrons. The predicted molar refractivity (Wildman–Crippen MR) is 160 cm³/mol. The minimum absolute atomic E-state index is 0.0767. The van der Waals surface area contributed by atoms with E-state index in [1.54, 1.807) is 6.07 Å². The lowest BCUT2D eigenvalue weighted by molar-refractivity contribution is 0.0696. The molecule has 1 N–H and O–H groups in total. The van der Waals surface area contributed by atoms with Crippen LogP contribution in [0.25, 0.3) is 12.2 Å². The van der Waals surface area contributed by atoms with Gasteiger partial charge in [-0.2, -0.15) is 0 Å². The van der Waals surface area contributed by atoms with Gasteiger partial charge in [0.05, 0.1) is 11.7 Å². The van der Waals surface area contributed by atoms with Gasteiger partial charge in [-0.05, 0) is 101 Å². The monoisotopic (exact) mass is 520 g/mol. The second-order valence-electron chi connectivity index (χ2n) is 13.8. The lowest BCUT2D eigenvalue weighted by atomic mass is 9.62. The summed E-state index contributed by atoms with van der Waals surface area (Å²) in [6.07, 6.45) is 8.88. The molecule has 3 nitrogen and oxygen atoms in total. The summed E-state index contributed by atoms with van der Waals surface area (Å²) in [5, 5.41) is 9.42. The van der Waals surface area contributed by atoms with E-state index < -0.39 is 15.0 Å². The van der Waals surface area contributed by atoms with Crippen molar-refractivity contribution in [2.45, 2.75) is 111 Å². The van der Waals surface area contributed by atoms with Crippen molar-refractivity contribution in [2.24, 2.45) is 5.41 Å². The largest absolute Gasteiger partial charge is 0.478 e. The molecule has 0 spiro atoms. The van der Waals surface area contributed by atoms with Crippen molar-refractivity contribution in [1.82, 2.24) is 0 Å². The van der Waals surface area contributed by atoms with Crippen molar-refractivity contribution >= 4 is 27.2 Å². The number of aryl methyl sites for hydroxylation is 1. The van der Waals surface area contributed by atoms with Gasteiger partial charge in [-0.1, -0.05) is 84.9 Å². The molecule has 0 amide bonds. The minimum Gasteiger partial charge on any atom is -0.478 e. The highest BCUT2D eigenvalue weighted by molar-refractivity contribution is 6.48. The van der Waals surface area contributed by atoms with Crippen molar-refractivity contribution in [1.29, 1.82) is 0 Å². The molecule has 0 aromatic heterocycles. The predicted octanol–water partition coefficient (Wildman–Crippen LogP) is 9.08. The topological polar surface area (TPSA) is 46.5 Å². The fourth-order valence-corrected chi connectivity index (χ4v) is 6.42. The molecule has 0 radical (unpaired) electrons. The van der Waals surface area contributed by atoms with Gasteiger partial charge in [0.25, 0.3) is 0 Å². The second-order valence-corrected chi connectivity index (χ2v) is 16.1. The Balaban J connectivity index is 2.17. The normalized spacial score (nSPS) is 17.7. The van der Waals surface area contributed by atoms with Crippen LogP contribution in [0.15, 0.2) is 30.3 Å². The number of fused-ring (bicyclic) bond motifs is 1. The number of benzene rings is 2. The van der Waals surface area contributed by atoms with Crippen LogP contribution in [0.5, 0.6) is 0 Å². The molecule has 2 aromatic carbocycles. The van der Waals surface area contributed by atoms with Crippen LogP contribution in [0.3, 0.4) is 0 Å². The average molecular weight is 521 g/mol. The Morgan fingerprint density at radius 2 is 1.62 bits per heavy atom. The molecular weight excluding hydrogens is 472 g/mol. The summed E-state index contributed by atoms with van der Waals surface area (Å²) in [4.78, 5) is 11.5. The summed E-state index contributed by atoms with van der Waals surface area (Å²) < 4.78 is 6.74. The SMILES string of the molecule is Cc1cc(/C=C/c2cc3c(cc2C(CCC(C)(C)C)O[SiH](C)C)C(C)(C)CCC3(C)C)ccc1C(=O)O. The van der Waals surface area contributed by atoms with E-state index in [1.807, 2.05) is 19.1 Å². The third-order valence-electron chi connectivity index (χ3n) is 7.93. The highest BCUT2D eigenvalue weighted by Gasteiger charge is 2.38. The number of carbonyl (C=O) groups is 1. The number of carboxylic acid groups (broad SMARTS) is 1. The van der Waals surface area contributed by atoms with E-state index >= 15 is 0 Å². The highest BCUT2D eigenvalue weighted by Crippen LogP contribution is 2.48. The van der Waals surface area contributed by atoms with E-state index in [9.17, 15) is 9.90 Å². The number of carboxylic acids is 1. The Morgan fingerprint density at radius 1 is 1.03 bits per heavy atom. The number of aromatic carboxylic acids is 1. The summed E-state index contributed by atoms with van der Waals surface area (Å²) in [6, 6.07) is 10.5. The van der Waals surface area contributed by atoms with Crippen LogP contribution in [0.1, 0.15) is 124 Å². The standard InChI is InChI=1S/C33H48O3Si/c1-22-19-23(12-14-25(22)30(34)35)11-13-24-20-27-28(33(7,8)18-17-32(27,5)6)21-26(24)29(36-37(9)10)15-16-31(2,3)4/h11-14,19-21,29,37H,15-18H2,1-10H3,(H,34,35)/b13-11+. The van der Waals surface area contributed by atoms with Crippen LogP contribution in [0, 0.1) is 12.3 Å². The highest BCUT2D eigenvalue weighted by atomic mass is 28.3. The average Bonchev–Trinajstić information content (AvgIpc) is 2.77. The van der Waals surface area contributed by atoms with Crippen LogP contribution in [-0.4, -0.2) is 20.1 Å². The van der Waals surface area contributed by atoms with Gasteiger partial charge < -0.3 is 9.53 Å². The summed E-state index contributed by atoms with van der Waals surface area (Å²) >= 11 is 0. The van der Waals surface area contributed by atoms with Gasteiger partial charge in [0.1, 0.15) is 0 Å². The minimum atomic E-state index is -1.28. The Bertz CT molecular complexity index is 1160. The van der Waals surface area contributed by atoms with E-state index in [0.29, 0.717) is 5.56 Å². The van der Waals surface area contributed by atoms with Crippen molar-refractivity contribution in [3.8, 4) is 0 Å². The van der Waals surface area contributed by atoms with E-state index in [2.05, 4.69) is 85.8 Å². The van der Waals surface area contributed by atoms with E-state index in [1.165, 1.54) is 35.1 Å². The quantitative estimate of drug-likeness (QED) is 0.279. The maximum absolute atomic E-state index is 11.5. The lowest BCUT2D eigenvalue weighted by Crippen LogP contribution is -2.34. The van der Waals surface area contributed by atoms with Gasteiger partial charge in [-0.3, -0.25) is 0 Å². The van der Waals surface area contributed by atoms with Crippen LogP contribution < -0.4 is 0 Å². The Labute approximate surface area is 227 Å². The molecule has 0 saturated heterocycles. The molecule has 0 saturated carbocycles. The molecule has 37 heavy (non-hydrogen) atoms. The zero-order valence-corrected chi connectivity index (χ0v) is 25.9. The second kappa shape index (κ2) is 10.9. The van der Waals surface area contributed by atoms with Crippen molar-refractivity contribution < 1.29 is 14.3 Å². The molecule has 3 rings (SSSR count). The molecule has 0 aliphatic heterocycles. The zero-order chi connectivity index (χ0) is 27.8. The molecule has 0 heterocycles. The number of hydrogen-bond acceptors (Lipinski definition) is 2. The first-order valence-corrected chi connectivity index (χ1v) is 16.6. The van der Waals surface area contributed by atoms with Crippen molar-refractivity contribution in [3.63, 3.8) is 0 Å². The van der Waals surface area contributed by atoms with Gasteiger partial charge in [-0.15, -0.1) is 0 Å². The molecule has 0 fully saturated rings.